The maximum absolute atomic E-state index is 13.2. The summed E-state index contributed by atoms with van der Waals surface area (Å²) in [5.74, 6) is 0.647. The predicted octanol–water partition coefficient (Wildman–Crippen LogP) is 2.02. The van der Waals surface area contributed by atoms with E-state index in [4.69, 9.17) is 9.84 Å². The van der Waals surface area contributed by atoms with Crippen molar-refractivity contribution in [1.29, 1.82) is 0 Å². The molecule has 1 unspecified atom stereocenters. The summed E-state index contributed by atoms with van der Waals surface area (Å²) >= 11 is 3.39. The number of methoxy groups -OCH3 is 1. The third kappa shape index (κ3) is 3.71. The number of carbonyl (C=O) groups is 1. The highest BCUT2D eigenvalue weighted by Gasteiger charge is 2.26. The fourth-order valence-corrected chi connectivity index (χ4v) is 3.47. The van der Waals surface area contributed by atoms with Crippen LogP contribution in [-0.2, 0) is 6.54 Å². The predicted molar refractivity (Wildman–Crippen MR) is 104 cm³/mol. The Bertz CT molecular complexity index is 1010. The van der Waals surface area contributed by atoms with Crippen molar-refractivity contribution < 1.29 is 19.7 Å². The van der Waals surface area contributed by atoms with Crippen LogP contribution in [-0.4, -0.2) is 54.9 Å². The van der Waals surface area contributed by atoms with E-state index in [1.54, 1.807) is 39.2 Å². The van der Waals surface area contributed by atoms with Crippen molar-refractivity contribution in [3.8, 4) is 17.3 Å². The second-order valence-electron chi connectivity index (χ2n) is 6.20. The lowest BCUT2D eigenvalue weighted by atomic mass is 9.97. The first-order valence-corrected chi connectivity index (χ1v) is 9.34. The Morgan fingerprint density at radius 1 is 1.43 bits per heavy atom. The number of hydrogen-bond acceptors (Lipinski definition) is 7. The Morgan fingerprint density at radius 3 is 2.79 bits per heavy atom. The normalized spacial score (nSPS) is 12.2. The number of H-pyrrole nitrogens is 1. The van der Waals surface area contributed by atoms with Crippen molar-refractivity contribution in [2.45, 2.75) is 26.5 Å². The number of aliphatic hydroxyl groups excluding tert-OH is 2. The fourth-order valence-electron chi connectivity index (χ4n) is 2.93. The van der Waals surface area contributed by atoms with E-state index in [9.17, 15) is 9.90 Å². The zero-order valence-corrected chi connectivity index (χ0v) is 17.2. The van der Waals surface area contributed by atoms with Crippen molar-refractivity contribution in [2.24, 2.45) is 0 Å². The highest BCUT2D eigenvalue weighted by Crippen LogP contribution is 2.32. The average molecular weight is 450 g/mol. The van der Waals surface area contributed by atoms with Crippen LogP contribution in [0.15, 0.2) is 22.7 Å². The molecule has 1 atom stereocenters. The van der Waals surface area contributed by atoms with Crippen LogP contribution in [0, 0.1) is 6.92 Å². The fraction of sp³-hybridized carbons (Fsp3) is 0.333. The van der Waals surface area contributed by atoms with Gasteiger partial charge in [-0.05, 0) is 58.8 Å². The first kappa shape index (κ1) is 20.2. The number of aromatic nitrogens is 5. The molecule has 3 rings (SSSR count). The molecular formula is C18H20BrN5O4. The van der Waals surface area contributed by atoms with E-state index < -0.39 is 6.10 Å². The molecule has 28 heavy (non-hydrogen) atoms. The Labute approximate surface area is 169 Å². The Balaban J connectivity index is 2.08. The van der Waals surface area contributed by atoms with Crippen molar-refractivity contribution in [3.05, 3.63) is 45.1 Å². The molecule has 0 saturated carbocycles. The summed E-state index contributed by atoms with van der Waals surface area (Å²) in [4.78, 5) is 17.5. The SMILES string of the molecule is COc1ccc(C(=O)c2c(C(C)O)[nH]c(-c3nnn(CCO)n3)c2C)cc1Br. The Hall–Kier alpha value is -2.56. The van der Waals surface area contributed by atoms with Gasteiger partial charge in [0.2, 0.25) is 5.82 Å². The van der Waals surface area contributed by atoms with Crippen molar-refractivity contribution in [2.75, 3.05) is 13.7 Å². The first-order chi connectivity index (χ1) is 13.4. The molecule has 0 aliphatic rings. The maximum Gasteiger partial charge on any atom is 0.221 e. The molecule has 0 fully saturated rings. The monoisotopic (exact) mass is 449 g/mol. The van der Waals surface area contributed by atoms with E-state index in [0.29, 0.717) is 38.3 Å². The van der Waals surface area contributed by atoms with Crippen LogP contribution in [0.2, 0.25) is 0 Å². The molecule has 0 saturated heterocycles. The van der Waals surface area contributed by atoms with E-state index >= 15 is 0 Å². The topological polar surface area (TPSA) is 126 Å². The third-order valence-electron chi connectivity index (χ3n) is 4.31. The van der Waals surface area contributed by atoms with Crippen molar-refractivity contribution in [1.82, 2.24) is 25.2 Å². The number of ketones is 1. The van der Waals surface area contributed by atoms with Gasteiger partial charge in [-0.3, -0.25) is 4.79 Å². The summed E-state index contributed by atoms with van der Waals surface area (Å²) in [7, 11) is 1.55. The van der Waals surface area contributed by atoms with Gasteiger partial charge < -0.3 is 19.9 Å². The molecule has 0 amide bonds. The number of ether oxygens (including phenoxy) is 1. The molecule has 9 nitrogen and oxygen atoms in total. The van der Waals surface area contributed by atoms with E-state index in [2.05, 4.69) is 36.3 Å². The first-order valence-electron chi connectivity index (χ1n) is 8.55. The van der Waals surface area contributed by atoms with Gasteiger partial charge in [0, 0.05) is 11.1 Å². The molecule has 148 valence electrons. The quantitative estimate of drug-likeness (QED) is 0.470. The summed E-state index contributed by atoms with van der Waals surface area (Å²) < 4.78 is 5.86. The van der Waals surface area contributed by atoms with Crippen LogP contribution < -0.4 is 4.74 Å². The third-order valence-corrected chi connectivity index (χ3v) is 4.93. The van der Waals surface area contributed by atoms with Gasteiger partial charge in [-0.25, -0.2) is 0 Å². The average Bonchev–Trinajstić information content (AvgIpc) is 3.25. The number of benzene rings is 1. The van der Waals surface area contributed by atoms with Crippen molar-refractivity contribution >= 4 is 21.7 Å². The molecule has 0 aliphatic carbocycles. The standard InChI is InChI=1S/C18H20BrN5O4/c1-9-14(17(27)11-4-5-13(28-3)12(19)8-11)16(10(2)26)20-15(9)18-21-23-24(22-18)6-7-25/h4-5,8,10,20,25-26H,6-7H2,1-3H3. The summed E-state index contributed by atoms with van der Waals surface area (Å²) in [6.07, 6.45) is -0.902. The summed E-state index contributed by atoms with van der Waals surface area (Å²) in [5.41, 5.74) is 2.29. The van der Waals surface area contributed by atoms with Gasteiger partial charge in [0.25, 0.3) is 0 Å². The van der Waals surface area contributed by atoms with Gasteiger partial charge in [0.1, 0.15) is 5.75 Å². The van der Waals surface area contributed by atoms with Crippen LogP contribution in [0.5, 0.6) is 5.75 Å². The van der Waals surface area contributed by atoms with Gasteiger partial charge in [-0.15, -0.1) is 10.2 Å². The number of halogens is 1. The van der Waals surface area contributed by atoms with E-state index in [0.717, 1.165) is 0 Å². The number of aliphatic hydroxyl groups is 2. The zero-order chi connectivity index (χ0) is 20.4. The van der Waals surface area contributed by atoms with Gasteiger partial charge in [-0.1, -0.05) is 0 Å². The second-order valence-corrected chi connectivity index (χ2v) is 7.05. The lowest BCUT2D eigenvalue weighted by molar-refractivity contribution is 0.103. The summed E-state index contributed by atoms with van der Waals surface area (Å²) in [5, 5.41) is 31.3. The minimum Gasteiger partial charge on any atom is -0.496 e. The molecule has 10 heteroatoms. The van der Waals surface area contributed by atoms with E-state index in [1.165, 1.54) is 4.80 Å². The second kappa shape index (κ2) is 8.21. The van der Waals surface area contributed by atoms with E-state index in [-0.39, 0.29) is 24.8 Å². The van der Waals surface area contributed by atoms with Crippen LogP contribution in [0.25, 0.3) is 11.5 Å². The van der Waals surface area contributed by atoms with Crippen LogP contribution >= 0.6 is 15.9 Å². The zero-order valence-electron chi connectivity index (χ0n) is 15.6. The molecule has 2 aromatic heterocycles. The smallest absolute Gasteiger partial charge is 0.221 e. The minimum absolute atomic E-state index is 0.117. The highest BCUT2D eigenvalue weighted by atomic mass is 79.9. The van der Waals surface area contributed by atoms with Crippen LogP contribution in [0.1, 0.15) is 40.2 Å². The molecule has 0 radical (unpaired) electrons. The van der Waals surface area contributed by atoms with Gasteiger partial charge in [0.15, 0.2) is 5.78 Å². The summed E-state index contributed by atoms with van der Waals surface area (Å²) in [6, 6.07) is 5.04. The molecule has 0 aliphatic heterocycles. The molecule has 3 N–H and O–H groups in total. The van der Waals surface area contributed by atoms with Crippen LogP contribution in [0.4, 0.5) is 0 Å². The molecule has 0 bridgehead atoms. The lowest BCUT2D eigenvalue weighted by Crippen LogP contribution is -2.07. The number of hydrogen-bond donors (Lipinski definition) is 3. The number of tetrazole rings is 1. The highest BCUT2D eigenvalue weighted by molar-refractivity contribution is 9.10. The van der Waals surface area contributed by atoms with Gasteiger partial charge in [-0.2, -0.15) is 4.80 Å². The Morgan fingerprint density at radius 2 is 2.18 bits per heavy atom. The Kier molecular flexibility index (Phi) is 5.92. The lowest BCUT2D eigenvalue weighted by Gasteiger charge is -2.09. The number of aromatic amines is 1. The molecule has 0 spiro atoms. The molecule has 2 heterocycles. The van der Waals surface area contributed by atoms with Crippen LogP contribution in [0.3, 0.4) is 0 Å². The molecule has 1 aromatic carbocycles. The number of nitrogens with one attached hydrogen (secondary N) is 1. The molecular weight excluding hydrogens is 430 g/mol. The number of carbonyl (C=O) groups excluding carboxylic acids is 1. The minimum atomic E-state index is -0.902. The number of nitrogens with zero attached hydrogens (tertiary/aromatic N) is 4. The number of rotatable bonds is 7. The van der Waals surface area contributed by atoms with Gasteiger partial charge >= 0.3 is 0 Å². The largest absolute Gasteiger partial charge is 0.496 e. The van der Waals surface area contributed by atoms with Crippen molar-refractivity contribution in [3.63, 3.8) is 0 Å². The molecule has 3 aromatic rings. The maximum atomic E-state index is 13.2. The van der Waals surface area contributed by atoms with Gasteiger partial charge in [0.05, 0.1) is 42.2 Å². The van der Waals surface area contributed by atoms with E-state index in [1.807, 2.05) is 0 Å². The summed E-state index contributed by atoms with van der Waals surface area (Å²) in [6.45, 7) is 3.43.